The highest BCUT2D eigenvalue weighted by Crippen LogP contribution is 2.28. The predicted octanol–water partition coefficient (Wildman–Crippen LogP) is 1.86. The van der Waals surface area contributed by atoms with Crippen molar-refractivity contribution in [2.75, 3.05) is 11.5 Å². The van der Waals surface area contributed by atoms with Gasteiger partial charge in [0.25, 0.3) is 0 Å². The fourth-order valence-electron chi connectivity index (χ4n) is 3.75. The van der Waals surface area contributed by atoms with Gasteiger partial charge in [0, 0.05) is 12.1 Å². The highest BCUT2D eigenvalue weighted by molar-refractivity contribution is 7.96. The molecule has 0 bridgehead atoms. The molecule has 1 aromatic rings. The summed E-state index contributed by atoms with van der Waals surface area (Å²) in [7, 11) is -7.00. The van der Waals surface area contributed by atoms with E-state index in [1.165, 1.54) is 6.42 Å². The van der Waals surface area contributed by atoms with Crippen molar-refractivity contribution in [3.05, 3.63) is 29.8 Å². The highest BCUT2D eigenvalue weighted by Gasteiger charge is 2.46. The molecule has 134 valence electrons. The molecule has 0 amide bonds. The molecule has 0 unspecified atom stereocenters. The van der Waals surface area contributed by atoms with Crippen molar-refractivity contribution in [2.24, 2.45) is 0 Å². The zero-order valence-corrected chi connectivity index (χ0v) is 15.6. The van der Waals surface area contributed by atoms with Gasteiger partial charge in [-0.25, -0.2) is 16.8 Å². The van der Waals surface area contributed by atoms with Crippen LogP contribution in [0.15, 0.2) is 29.2 Å². The number of hydrogen-bond donors (Lipinski definition) is 1. The van der Waals surface area contributed by atoms with Gasteiger partial charge < -0.3 is 5.32 Å². The van der Waals surface area contributed by atoms with Gasteiger partial charge in [0.15, 0.2) is 19.7 Å². The van der Waals surface area contributed by atoms with E-state index in [0.717, 1.165) is 31.2 Å². The third-order valence-electron chi connectivity index (χ3n) is 5.10. The molecule has 0 spiro atoms. The Labute approximate surface area is 144 Å². The summed E-state index contributed by atoms with van der Waals surface area (Å²) in [6.45, 7) is 1.89. The normalized spacial score (nSPS) is 28.0. The summed E-state index contributed by atoms with van der Waals surface area (Å²) in [5, 5.41) is 2.46. The van der Waals surface area contributed by atoms with Crippen LogP contribution in [-0.2, 0) is 19.7 Å². The molecule has 1 aliphatic carbocycles. The number of benzene rings is 1. The number of nitrogens with one attached hydrogen (secondary N) is 1. The second kappa shape index (κ2) is 6.77. The van der Waals surface area contributed by atoms with Crippen LogP contribution < -0.4 is 5.32 Å². The Morgan fingerprint density at radius 3 is 2.25 bits per heavy atom. The van der Waals surface area contributed by atoms with Crippen LogP contribution in [-0.4, -0.2) is 45.7 Å². The van der Waals surface area contributed by atoms with Crippen molar-refractivity contribution >= 4 is 19.7 Å². The fourth-order valence-corrected chi connectivity index (χ4v) is 8.43. The summed E-state index contributed by atoms with van der Waals surface area (Å²) < 4.78 is 50.2. The van der Waals surface area contributed by atoms with Crippen LogP contribution in [0.3, 0.4) is 0 Å². The molecule has 7 heteroatoms. The second-order valence-electron chi connectivity index (χ2n) is 7.08. The first-order valence-electron chi connectivity index (χ1n) is 8.55. The topological polar surface area (TPSA) is 80.3 Å². The quantitative estimate of drug-likeness (QED) is 0.874. The van der Waals surface area contributed by atoms with E-state index in [9.17, 15) is 16.8 Å². The average Bonchev–Trinajstić information content (AvgIpc) is 2.84. The van der Waals surface area contributed by atoms with Crippen LogP contribution in [0.1, 0.15) is 37.7 Å². The van der Waals surface area contributed by atoms with Gasteiger partial charge >= 0.3 is 0 Å². The van der Waals surface area contributed by atoms with Crippen molar-refractivity contribution in [3.63, 3.8) is 0 Å². The number of rotatable bonds is 4. The molecule has 1 saturated carbocycles. The van der Waals surface area contributed by atoms with Gasteiger partial charge in [0.1, 0.15) is 0 Å². The molecule has 1 heterocycles. The maximum absolute atomic E-state index is 13.0. The first-order valence-corrected chi connectivity index (χ1v) is 11.9. The molecule has 1 saturated heterocycles. The Balaban J connectivity index is 1.86. The average molecular weight is 372 g/mol. The SMILES string of the molecule is Cc1ccc(S(=O)(=O)[C@H]2CS(=O)(=O)C[C@@H]2NC2CCCCC2)cc1. The Bertz CT molecular complexity index is 778. The summed E-state index contributed by atoms with van der Waals surface area (Å²) in [6, 6.07) is 6.37. The lowest BCUT2D eigenvalue weighted by Gasteiger charge is -2.28. The van der Waals surface area contributed by atoms with Gasteiger partial charge in [-0.15, -0.1) is 0 Å². The Kier molecular flexibility index (Phi) is 5.04. The van der Waals surface area contributed by atoms with E-state index < -0.39 is 31.0 Å². The first kappa shape index (κ1) is 17.9. The summed E-state index contributed by atoms with van der Waals surface area (Å²) in [4.78, 5) is 0.214. The maximum Gasteiger partial charge on any atom is 0.183 e. The summed E-state index contributed by atoms with van der Waals surface area (Å²) in [5.74, 6) is -0.368. The summed E-state index contributed by atoms with van der Waals surface area (Å²) in [5.41, 5.74) is 0.977. The van der Waals surface area contributed by atoms with Crippen molar-refractivity contribution in [3.8, 4) is 0 Å². The molecular weight excluding hydrogens is 346 g/mol. The molecule has 1 aromatic carbocycles. The molecule has 1 aliphatic heterocycles. The van der Waals surface area contributed by atoms with E-state index >= 15 is 0 Å². The zero-order chi connectivity index (χ0) is 17.4. The van der Waals surface area contributed by atoms with E-state index in [2.05, 4.69) is 5.32 Å². The number of aryl methyl sites for hydroxylation is 1. The van der Waals surface area contributed by atoms with E-state index in [1.807, 2.05) is 6.92 Å². The monoisotopic (exact) mass is 371 g/mol. The number of hydrogen-bond acceptors (Lipinski definition) is 5. The van der Waals surface area contributed by atoms with Crippen LogP contribution in [0.4, 0.5) is 0 Å². The van der Waals surface area contributed by atoms with Crippen LogP contribution in [0.5, 0.6) is 0 Å². The minimum absolute atomic E-state index is 0.0841. The van der Waals surface area contributed by atoms with Gasteiger partial charge in [-0.1, -0.05) is 37.0 Å². The summed E-state index contributed by atoms with van der Waals surface area (Å²) >= 11 is 0. The molecule has 2 aliphatic rings. The minimum atomic E-state index is -3.67. The second-order valence-corrected chi connectivity index (χ2v) is 11.4. The maximum atomic E-state index is 13.0. The standard InChI is InChI=1S/C17H25NO4S2/c1-13-7-9-15(10-8-13)24(21,22)17-12-23(19,20)11-16(17)18-14-5-3-2-4-6-14/h7-10,14,16-18H,2-6,11-12H2,1H3/t16-,17-/m0/s1. The Hall–Kier alpha value is -0.920. The molecular formula is C17H25NO4S2. The van der Waals surface area contributed by atoms with Crippen molar-refractivity contribution < 1.29 is 16.8 Å². The van der Waals surface area contributed by atoms with Gasteiger partial charge in [-0.3, -0.25) is 0 Å². The molecule has 0 radical (unpaired) electrons. The van der Waals surface area contributed by atoms with Crippen LogP contribution in [0, 0.1) is 6.92 Å². The fraction of sp³-hybridized carbons (Fsp3) is 0.647. The number of sulfone groups is 2. The lowest BCUT2D eigenvalue weighted by Crippen LogP contribution is -2.48. The van der Waals surface area contributed by atoms with E-state index in [0.29, 0.717) is 0 Å². The third-order valence-corrected chi connectivity index (χ3v) is 9.27. The molecule has 1 N–H and O–H groups in total. The van der Waals surface area contributed by atoms with E-state index in [-0.39, 0.29) is 22.4 Å². The van der Waals surface area contributed by atoms with E-state index in [4.69, 9.17) is 0 Å². The van der Waals surface area contributed by atoms with E-state index in [1.54, 1.807) is 24.3 Å². The zero-order valence-electron chi connectivity index (χ0n) is 13.9. The molecule has 0 aromatic heterocycles. The van der Waals surface area contributed by atoms with Crippen molar-refractivity contribution in [1.29, 1.82) is 0 Å². The van der Waals surface area contributed by atoms with Gasteiger partial charge in [0.2, 0.25) is 0 Å². The van der Waals surface area contributed by atoms with Crippen LogP contribution >= 0.6 is 0 Å². The molecule has 2 atom stereocenters. The van der Waals surface area contributed by atoms with Crippen LogP contribution in [0.2, 0.25) is 0 Å². The van der Waals surface area contributed by atoms with Gasteiger partial charge in [0.05, 0.1) is 21.7 Å². The lowest BCUT2D eigenvalue weighted by molar-refractivity contribution is 0.345. The molecule has 3 rings (SSSR count). The Morgan fingerprint density at radius 2 is 1.62 bits per heavy atom. The smallest absolute Gasteiger partial charge is 0.183 e. The van der Waals surface area contributed by atoms with Crippen molar-refractivity contribution in [2.45, 2.75) is 61.3 Å². The minimum Gasteiger partial charge on any atom is -0.309 e. The highest BCUT2D eigenvalue weighted by atomic mass is 32.2. The summed E-state index contributed by atoms with van der Waals surface area (Å²) in [6.07, 6.45) is 5.42. The lowest BCUT2D eigenvalue weighted by atomic mass is 9.95. The van der Waals surface area contributed by atoms with Crippen molar-refractivity contribution in [1.82, 2.24) is 5.32 Å². The third kappa shape index (κ3) is 3.83. The van der Waals surface area contributed by atoms with Crippen LogP contribution in [0.25, 0.3) is 0 Å². The largest absolute Gasteiger partial charge is 0.309 e. The molecule has 5 nitrogen and oxygen atoms in total. The Morgan fingerprint density at radius 1 is 1.00 bits per heavy atom. The molecule has 2 fully saturated rings. The first-order chi connectivity index (χ1) is 11.3. The van der Waals surface area contributed by atoms with Gasteiger partial charge in [-0.2, -0.15) is 0 Å². The molecule has 24 heavy (non-hydrogen) atoms. The van der Waals surface area contributed by atoms with Gasteiger partial charge in [-0.05, 0) is 31.9 Å². The predicted molar refractivity (Wildman–Crippen MR) is 94.6 cm³/mol.